The zero-order valence-corrected chi connectivity index (χ0v) is 12.6. The Kier molecular flexibility index (Phi) is 5.26. The van der Waals surface area contributed by atoms with E-state index in [0.29, 0.717) is 31.9 Å². The van der Waals surface area contributed by atoms with Gasteiger partial charge in [0.2, 0.25) is 0 Å². The van der Waals surface area contributed by atoms with E-state index < -0.39 is 24.6 Å². The second-order valence-corrected chi connectivity index (χ2v) is 5.57. The minimum Gasteiger partial charge on any atom is -0.382 e. The Morgan fingerprint density at radius 3 is 2.35 bits per heavy atom. The molecule has 0 aliphatic carbocycles. The Morgan fingerprint density at radius 1 is 1.26 bits per heavy atom. The Balaban J connectivity index is 1.96. The average molecular weight is 334 g/mol. The molecule has 0 unspecified atom stereocenters. The SMILES string of the molecule is CC(=O)c1ccc(N2CCN(C[C@@H](O)C(F)(F)F)CC2)c(F)c1. The Bertz CT molecular complexity index is 569. The van der Waals surface area contributed by atoms with Crippen LogP contribution in [0.5, 0.6) is 0 Å². The second-order valence-electron chi connectivity index (χ2n) is 5.57. The van der Waals surface area contributed by atoms with Gasteiger partial charge < -0.3 is 10.0 Å². The molecule has 23 heavy (non-hydrogen) atoms. The number of carbonyl (C=O) groups excluding carboxylic acids is 1. The third kappa shape index (κ3) is 4.42. The van der Waals surface area contributed by atoms with E-state index in [9.17, 15) is 22.4 Å². The molecule has 1 fully saturated rings. The topological polar surface area (TPSA) is 43.8 Å². The molecule has 0 bridgehead atoms. The summed E-state index contributed by atoms with van der Waals surface area (Å²) in [6.07, 6.45) is -7.01. The van der Waals surface area contributed by atoms with E-state index in [-0.39, 0.29) is 11.3 Å². The van der Waals surface area contributed by atoms with Crippen molar-refractivity contribution < 1.29 is 27.5 Å². The van der Waals surface area contributed by atoms with Gasteiger partial charge in [-0.1, -0.05) is 0 Å². The number of carbonyl (C=O) groups is 1. The number of ketones is 1. The van der Waals surface area contributed by atoms with Crippen molar-refractivity contribution >= 4 is 11.5 Å². The van der Waals surface area contributed by atoms with Gasteiger partial charge in [0.25, 0.3) is 0 Å². The molecule has 0 aromatic heterocycles. The van der Waals surface area contributed by atoms with Crippen molar-refractivity contribution in [2.45, 2.75) is 19.2 Å². The largest absolute Gasteiger partial charge is 0.415 e. The van der Waals surface area contributed by atoms with Crippen LogP contribution in [0.25, 0.3) is 0 Å². The Morgan fingerprint density at radius 2 is 1.87 bits per heavy atom. The van der Waals surface area contributed by atoms with Gasteiger partial charge in [-0.2, -0.15) is 13.2 Å². The zero-order chi connectivity index (χ0) is 17.2. The van der Waals surface area contributed by atoms with E-state index in [1.807, 2.05) is 0 Å². The molecule has 0 radical (unpaired) electrons. The highest BCUT2D eigenvalue weighted by Gasteiger charge is 2.39. The first kappa shape index (κ1) is 17.7. The molecular formula is C15H18F4N2O2. The number of rotatable bonds is 4. The number of aliphatic hydroxyl groups excluding tert-OH is 1. The molecule has 1 heterocycles. The van der Waals surface area contributed by atoms with Crippen LogP contribution in [0.15, 0.2) is 18.2 Å². The molecule has 1 N–H and O–H groups in total. The van der Waals surface area contributed by atoms with Crippen LogP contribution in [0, 0.1) is 5.82 Å². The number of piperazine rings is 1. The standard InChI is InChI=1S/C15H18F4N2O2/c1-10(22)11-2-3-13(12(16)8-11)21-6-4-20(5-7-21)9-14(23)15(17,18)19/h2-3,8,14,23H,4-7,9H2,1H3/t14-/m1/s1. The first-order chi connectivity index (χ1) is 10.7. The van der Waals surface area contributed by atoms with Gasteiger partial charge in [-0.3, -0.25) is 9.69 Å². The summed E-state index contributed by atoms with van der Waals surface area (Å²) >= 11 is 0. The fourth-order valence-electron chi connectivity index (χ4n) is 2.50. The van der Waals surface area contributed by atoms with Gasteiger partial charge in [-0.15, -0.1) is 0 Å². The summed E-state index contributed by atoms with van der Waals surface area (Å²) in [6, 6.07) is 4.20. The predicted molar refractivity (Wildman–Crippen MR) is 77.1 cm³/mol. The first-order valence-electron chi connectivity index (χ1n) is 7.21. The monoisotopic (exact) mass is 334 g/mol. The summed E-state index contributed by atoms with van der Waals surface area (Å²) in [6.45, 7) is 2.15. The first-order valence-corrected chi connectivity index (χ1v) is 7.21. The fraction of sp³-hybridized carbons (Fsp3) is 0.533. The number of hydrogen-bond acceptors (Lipinski definition) is 4. The summed E-state index contributed by atoms with van der Waals surface area (Å²) in [5.41, 5.74) is 0.601. The number of halogens is 4. The summed E-state index contributed by atoms with van der Waals surface area (Å²) in [7, 11) is 0. The highest BCUT2D eigenvalue weighted by atomic mass is 19.4. The summed E-state index contributed by atoms with van der Waals surface area (Å²) < 4.78 is 51.1. The van der Waals surface area contributed by atoms with Crippen LogP contribution in [-0.2, 0) is 0 Å². The summed E-state index contributed by atoms with van der Waals surface area (Å²) in [4.78, 5) is 14.4. The molecule has 2 rings (SSSR count). The molecule has 1 atom stereocenters. The van der Waals surface area contributed by atoms with E-state index in [1.165, 1.54) is 24.0 Å². The van der Waals surface area contributed by atoms with Crippen molar-refractivity contribution in [3.63, 3.8) is 0 Å². The second kappa shape index (κ2) is 6.84. The van der Waals surface area contributed by atoms with Crippen LogP contribution < -0.4 is 4.90 Å². The average Bonchev–Trinajstić information content (AvgIpc) is 2.47. The van der Waals surface area contributed by atoms with Crippen molar-refractivity contribution in [2.24, 2.45) is 0 Å². The lowest BCUT2D eigenvalue weighted by atomic mass is 10.1. The van der Waals surface area contributed by atoms with Crippen molar-refractivity contribution in [1.29, 1.82) is 0 Å². The Labute approximate surface area is 131 Å². The number of β-amino-alcohol motifs (C(OH)–C–C–N with tert-alkyl or cyclic N) is 1. The molecule has 0 saturated carbocycles. The molecule has 1 aromatic carbocycles. The number of Topliss-reactive ketones (excluding diaryl/α,β-unsaturated/α-hetero) is 1. The number of aliphatic hydroxyl groups is 1. The number of benzene rings is 1. The lowest BCUT2D eigenvalue weighted by molar-refractivity contribution is -0.208. The lowest BCUT2D eigenvalue weighted by Crippen LogP contribution is -2.51. The summed E-state index contributed by atoms with van der Waals surface area (Å²) in [5, 5.41) is 9.08. The predicted octanol–water partition coefficient (Wildman–Crippen LogP) is 2.07. The van der Waals surface area contributed by atoms with Crippen LogP contribution >= 0.6 is 0 Å². The van der Waals surface area contributed by atoms with Crippen LogP contribution in [0.2, 0.25) is 0 Å². The van der Waals surface area contributed by atoms with E-state index in [0.717, 1.165) is 6.07 Å². The molecule has 128 valence electrons. The van der Waals surface area contributed by atoms with Crippen molar-refractivity contribution in [1.82, 2.24) is 4.90 Å². The van der Waals surface area contributed by atoms with Crippen molar-refractivity contribution in [2.75, 3.05) is 37.6 Å². The Hall–Kier alpha value is -1.67. The third-order valence-electron chi connectivity index (χ3n) is 3.88. The van der Waals surface area contributed by atoms with Crippen LogP contribution in [-0.4, -0.2) is 60.8 Å². The lowest BCUT2D eigenvalue weighted by Gasteiger charge is -2.37. The highest BCUT2D eigenvalue weighted by molar-refractivity contribution is 5.94. The molecule has 0 amide bonds. The van der Waals surface area contributed by atoms with E-state index in [1.54, 1.807) is 4.90 Å². The van der Waals surface area contributed by atoms with Gasteiger partial charge in [0.15, 0.2) is 11.9 Å². The molecule has 8 heteroatoms. The van der Waals surface area contributed by atoms with Crippen LogP contribution in [0.3, 0.4) is 0 Å². The molecule has 1 saturated heterocycles. The van der Waals surface area contributed by atoms with E-state index in [2.05, 4.69) is 0 Å². The van der Waals surface area contributed by atoms with Crippen molar-refractivity contribution in [3.8, 4) is 0 Å². The molecular weight excluding hydrogens is 316 g/mol. The smallest absolute Gasteiger partial charge is 0.382 e. The van der Waals surface area contributed by atoms with Crippen LogP contribution in [0.4, 0.5) is 23.2 Å². The van der Waals surface area contributed by atoms with Gasteiger partial charge in [0, 0.05) is 38.3 Å². The minimum absolute atomic E-state index is 0.235. The fourth-order valence-corrected chi connectivity index (χ4v) is 2.50. The third-order valence-corrected chi connectivity index (χ3v) is 3.88. The number of alkyl halides is 3. The normalized spacial score (nSPS) is 18.1. The summed E-state index contributed by atoms with van der Waals surface area (Å²) in [5.74, 6) is -0.761. The maximum absolute atomic E-state index is 14.1. The van der Waals surface area contributed by atoms with E-state index >= 15 is 0 Å². The highest BCUT2D eigenvalue weighted by Crippen LogP contribution is 2.24. The molecule has 1 aromatic rings. The van der Waals surface area contributed by atoms with E-state index in [4.69, 9.17) is 5.11 Å². The molecule has 1 aliphatic rings. The molecule has 4 nitrogen and oxygen atoms in total. The zero-order valence-electron chi connectivity index (χ0n) is 12.6. The number of hydrogen-bond donors (Lipinski definition) is 1. The number of anilines is 1. The van der Waals surface area contributed by atoms with Gasteiger partial charge >= 0.3 is 6.18 Å². The maximum Gasteiger partial charge on any atom is 0.415 e. The number of nitrogens with zero attached hydrogens (tertiary/aromatic N) is 2. The van der Waals surface area contributed by atoms with Gasteiger partial charge in [0.1, 0.15) is 5.82 Å². The molecule has 0 spiro atoms. The van der Waals surface area contributed by atoms with Gasteiger partial charge in [0.05, 0.1) is 5.69 Å². The van der Waals surface area contributed by atoms with Gasteiger partial charge in [-0.05, 0) is 25.1 Å². The quantitative estimate of drug-likeness (QED) is 0.676. The van der Waals surface area contributed by atoms with Gasteiger partial charge in [-0.25, -0.2) is 4.39 Å². The maximum atomic E-state index is 14.1. The molecule has 1 aliphatic heterocycles. The minimum atomic E-state index is -4.63. The van der Waals surface area contributed by atoms with Crippen LogP contribution in [0.1, 0.15) is 17.3 Å². The van der Waals surface area contributed by atoms with Crippen molar-refractivity contribution in [3.05, 3.63) is 29.6 Å².